The SMILES string of the molecule is N/C(=C\N(N)C(CC(=O)NO)Cc1ccc2ccccc2c1)CNC(=O)c1cccc(F)c1. The molecule has 1 atom stereocenters. The van der Waals surface area contributed by atoms with E-state index in [1.807, 2.05) is 42.5 Å². The number of amides is 2. The largest absolute Gasteiger partial charge is 0.399 e. The first kappa shape index (κ1) is 23.7. The molecule has 0 spiro atoms. The van der Waals surface area contributed by atoms with Crippen molar-refractivity contribution < 1.29 is 19.2 Å². The van der Waals surface area contributed by atoms with E-state index >= 15 is 0 Å². The Balaban J connectivity index is 1.69. The van der Waals surface area contributed by atoms with Crippen LogP contribution >= 0.6 is 0 Å². The Morgan fingerprint density at radius 2 is 1.82 bits per heavy atom. The summed E-state index contributed by atoms with van der Waals surface area (Å²) in [6.45, 7) is -0.0298. The molecule has 0 radical (unpaired) electrons. The van der Waals surface area contributed by atoms with E-state index in [-0.39, 0.29) is 24.2 Å². The topological polar surface area (TPSA) is 134 Å². The summed E-state index contributed by atoms with van der Waals surface area (Å²) >= 11 is 0. The van der Waals surface area contributed by atoms with Gasteiger partial charge in [0.05, 0.1) is 19.0 Å². The minimum absolute atomic E-state index is 0.0298. The van der Waals surface area contributed by atoms with E-state index in [2.05, 4.69) is 5.32 Å². The third-order valence-electron chi connectivity index (χ3n) is 5.11. The van der Waals surface area contributed by atoms with Gasteiger partial charge in [-0.25, -0.2) is 15.7 Å². The summed E-state index contributed by atoms with van der Waals surface area (Å²) in [5.74, 6) is 4.58. The van der Waals surface area contributed by atoms with Crippen molar-refractivity contribution in [3.8, 4) is 0 Å². The van der Waals surface area contributed by atoms with Crippen LogP contribution in [0.25, 0.3) is 10.8 Å². The molecular weight excluding hydrogens is 425 g/mol. The summed E-state index contributed by atoms with van der Waals surface area (Å²) in [6.07, 6.45) is 1.75. The van der Waals surface area contributed by atoms with Crippen molar-refractivity contribution in [1.29, 1.82) is 0 Å². The highest BCUT2D eigenvalue weighted by molar-refractivity contribution is 5.94. The zero-order valence-electron chi connectivity index (χ0n) is 17.9. The second-order valence-electron chi connectivity index (χ2n) is 7.62. The fourth-order valence-corrected chi connectivity index (χ4v) is 3.44. The summed E-state index contributed by atoms with van der Waals surface area (Å²) in [6, 6.07) is 18.6. The first-order valence-corrected chi connectivity index (χ1v) is 10.3. The van der Waals surface area contributed by atoms with E-state index in [4.69, 9.17) is 16.8 Å². The predicted octanol–water partition coefficient (Wildman–Crippen LogP) is 2.19. The molecule has 0 fully saturated rings. The summed E-state index contributed by atoms with van der Waals surface area (Å²) in [4.78, 5) is 24.0. The van der Waals surface area contributed by atoms with Gasteiger partial charge in [0.1, 0.15) is 5.82 Å². The number of hydrogen-bond acceptors (Lipinski definition) is 6. The molecule has 0 heterocycles. The Bertz CT molecular complexity index is 1170. The zero-order valence-corrected chi connectivity index (χ0v) is 17.9. The van der Waals surface area contributed by atoms with Crippen LogP contribution in [0.2, 0.25) is 0 Å². The fraction of sp³-hybridized carbons (Fsp3) is 0.167. The molecule has 3 rings (SSSR count). The summed E-state index contributed by atoms with van der Waals surface area (Å²) < 4.78 is 13.3. The lowest BCUT2D eigenvalue weighted by atomic mass is 9.99. The van der Waals surface area contributed by atoms with Gasteiger partial charge in [-0.2, -0.15) is 0 Å². The van der Waals surface area contributed by atoms with Gasteiger partial charge in [0.15, 0.2) is 0 Å². The minimum Gasteiger partial charge on any atom is -0.399 e. The number of carbonyl (C=O) groups excluding carboxylic acids is 2. The lowest BCUT2D eigenvalue weighted by Gasteiger charge is -2.26. The maximum absolute atomic E-state index is 13.3. The van der Waals surface area contributed by atoms with Crippen LogP contribution in [0.15, 0.2) is 78.6 Å². The maximum Gasteiger partial charge on any atom is 0.251 e. The van der Waals surface area contributed by atoms with Gasteiger partial charge in [-0.05, 0) is 41.0 Å². The van der Waals surface area contributed by atoms with Crippen LogP contribution in [0.1, 0.15) is 22.3 Å². The van der Waals surface area contributed by atoms with Crippen molar-refractivity contribution in [2.45, 2.75) is 18.9 Å². The van der Waals surface area contributed by atoms with Crippen LogP contribution in [-0.4, -0.2) is 34.6 Å². The van der Waals surface area contributed by atoms with Crippen molar-refractivity contribution in [3.05, 3.63) is 95.6 Å². The number of hydrogen-bond donors (Lipinski definition) is 5. The van der Waals surface area contributed by atoms with Crippen LogP contribution in [0.5, 0.6) is 0 Å². The Kier molecular flexibility index (Phi) is 7.96. The van der Waals surface area contributed by atoms with Crippen molar-refractivity contribution >= 4 is 22.6 Å². The Labute approximate surface area is 190 Å². The molecule has 3 aromatic rings. The quantitative estimate of drug-likeness (QED) is 0.192. The average molecular weight is 452 g/mol. The predicted molar refractivity (Wildman–Crippen MR) is 123 cm³/mol. The van der Waals surface area contributed by atoms with E-state index in [9.17, 15) is 14.0 Å². The van der Waals surface area contributed by atoms with Gasteiger partial charge >= 0.3 is 0 Å². The van der Waals surface area contributed by atoms with Gasteiger partial charge < -0.3 is 16.1 Å². The van der Waals surface area contributed by atoms with Crippen molar-refractivity contribution in [2.24, 2.45) is 11.6 Å². The van der Waals surface area contributed by atoms with E-state index < -0.39 is 23.7 Å². The maximum atomic E-state index is 13.3. The van der Waals surface area contributed by atoms with Crippen LogP contribution in [0.3, 0.4) is 0 Å². The second kappa shape index (κ2) is 11.1. The van der Waals surface area contributed by atoms with E-state index in [1.54, 1.807) is 5.48 Å². The standard InChI is InChI=1S/C24H26FN5O3/c25-20-7-3-6-19(12-20)24(32)28-14-21(26)15-30(27)22(13-23(31)29-33)11-16-8-9-17-4-1-2-5-18(17)10-16/h1-10,12,15,22,33H,11,13-14,26-27H2,(H,28,32)(H,29,31)/b21-15-. The van der Waals surface area contributed by atoms with Crippen LogP contribution in [0, 0.1) is 5.82 Å². The lowest BCUT2D eigenvalue weighted by Crippen LogP contribution is -2.42. The zero-order chi connectivity index (χ0) is 23.8. The first-order chi connectivity index (χ1) is 15.9. The number of halogens is 1. The summed E-state index contributed by atoms with van der Waals surface area (Å²) in [7, 11) is 0. The van der Waals surface area contributed by atoms with Crippen LogP contribution in [-0.2, 0) is 11.2 Å². The first-order valence-electron chi connectivity index (χ1n) is 10.3. The Morgan fingerprint density at radius 3 is 2.55 bits per heavy atom. The number of rotatable bonds is 9. The molecule has 172 valence electrons. The highest BCUT2D eigenvalue weighted by Crippen LogP contribution is 2.18. The monoisotopic (exact) mass is 451 g/mol. The van der Waals surface area contributed by atoms with E-state index in [1.165, 1.54) is 29.4 Å². The van der Waals surface area contributed by atoms with Crippen molar-refractivity contribution in [2.75, 3.05) is 6.54 Å². The van der Waals surface area contributed by atoms with Crippen molar-refractivity contribution in [1.82, 2.24) is 15.8 Å². The van der Waals surface area contributed by atoms with Gasteiger partial charge in [-0.1, -0.05) is 48.5 Å². The van der Waals surface area contributed by atoms with Gasteiger partial charge in [0, 0.05) is 17.5 Å². The van der Waals surface area contributed by atoms with E-state index in [0.717, 1.165) is 22.4 Å². The summed E-state index contributed by atoms with van der Waals surface area (Å²) in [5, 5.41) is 15.0. The highest BCUT2D eigenvalue weighted by Gasteiger charge is 2.19. The number of nitrogens with zero attached hydrogens (tertiary/aromatic N) is 1. The smallest absolute Gasteiger partial charge is 0.251 e. The molecule has 7 N–H and O–H groups in total. The molecule has 0 aliphatic rings. The Hall–Kier alpha value is -3.95. The molecule has 33 heavy (non-hydrogen) atoms. The third kappa shape index (κ3) is 6.76. The molecule has 9 heteroatoms. The van der Waals surface area contributed by atoms with Gasteiger partial charge in [0.25, 0.3) is 5.91 Å². The number of benzene rings is 3. The number of fused-ring (bicyclic) bond motifs is 1. The van der Waals surface area contributed by atoms with Gasteiger partial charge in [-0.15, -0.1) is 0 Å². The molecule has 0 aliphatic carbocycles. The highest BCUT2D eigenvalue weighted by atomic mass is 19.1. The normalized spacial score (nSPS) is 12.3. The molecule has 0 saturated heterocycles. The second-order valence-corrected chi connectivity index (χ2v) is 7.62. The number of nitrogens with one attached hydrogen (secondary N) is 2. The fourth-order valence-electron chi connectivity index (χ4n) is 3.44. The molecule has 0 saturated carbocycles. The summed E-state index contributed by atoms with van der Waals surface area (Å²) in [5.41, 5.74) is 8.97. The lowest BCUT2D eigenvalue weighted by molar-refractivity contribution is -0.130. The minimum atomic E-state index is -0.595. The third-order valence-corrected chi connectivity index (χ3v) is 5.11. The van der Waals surface area contributed by atoms with Gasteiger partial charge in [0.2, 0.25) is 5.91 Å². The number of carbonyl (C=O) groups is 2. The van der Waals surface area contributed by atoms with E-state index in [0.29, 0.717) is 6.42 Å². The molecule has 0 bridgehead atoms. The average Bonchev–Trinajstić information content (AvgIpc) is 2.81. The molecule has 0 aliphatic heterocycles. The number of hydrazine groups is 1. The van der Waals surface area contributed by atoms with Crippen LogP contribution in [0.4, 0.5) is 4.39 Å². The molecule has 8 nitrogen and oxygen atoms in total. The van der Waals surface area contributed by atoms with Gasteiger partial charge in [-0.3, -0.25) is 14.8 Å². The number of hydroxylamine groups is 1. The van der Waals surface area contributed by atoms with Crippen LogP contribution < -0.4 is 22.4 Å². The molecular formula is C24H26FN5O3. The Morgan fingerprint density at radius 1 is 1.06 bits per heavy atom. The molecule has 1 unspecified atom stereocenters. The molecule has 2 amide bonds. The molecule has 0 aromatic heterocycles. The molecule has 3 aromatic carbocycles. The number of nitrogens with two attached hydrogens (primary N) is 2. The van der Waals surface area contributed by atoms with Crippen molar-refractivity contribution in [3.63, 3.8) is 0 Å².